The van der Waals surface area contributed by atoms with Gasteiger partial charge in [0.05, 0.1) is 10.6 Å². The number of rotatable bonds is 3. The van der Waals surface area contributed by atoms with E-state index < -0.39 is 5.97 Å². The molecule has 0 aliphatic carbocycles. The highest BCUT2D eigenvalue weighted by molar-refractivity contribution is 7.09. The molecule has 76 valence electrons. The minimum absolute atomic E-state index is 0.354. The van der Waals surface area contributed by atoms with Crippen LogP contribution in [0.5, 0.6) is 0 Å². The molecule has 0 unspecified atom stereocenters. The number of carboxylic acids is 1. The summed E-state index contributed by atoms with van der Waals surface area (Å²) in [5.74, 6) is -0.887. The van der Waals surface area contributed by atoms with Gasteiger partial charge in [-0.3, -0.25) is 0 Å². The van der Waals surface area contributed by atoms with Crippen molar-refractivity contribution < 1.29 is 9.90 Å². The number of hydrogen-bond acceptors (Lipinski definition) is 3. The van der Waals surface area contributed by atoms with Crippen LogP contribution in [0, 0.1) is 0 Å². The minimum atomic E-state index is -0.887. The summed E-state index contributed by atoms with van der Waals surface area (Å²) in [6.45, 7) is 0. The summed E-state index contributed by atoms with van der Waals surface area (Å²) in [4.78, 5) is 15.1. The molecule has 2 aromatic rings. The largest absolute Gasteiger partial charge is 0.478 e. The zero-order valence-electron chi connectivity index (χ0n) is 7.88. The van der Waals surface area contributed by atoms with E-state index in [0.29, 0.717) is 12.0 Å². The zero-order chi connectivity index (χ0) is 10.7. The Morgan fingerprint density at radius 2 is 2.20 bits per heavy atom. The van der Waals surface area contributed by atoms with Crippen LogP contribution >= 0.6 is 11.3 Å². The number of aromatic nitrogens is 1. The first-order valence-electron chi connectivity index (χ1n) is 4.47. The van der Waals surface area contributed by atoms with Gasteiger partial charge in [0.2, 0.25) is 0 Å². The van der Waals surface area contributed by atoms with Gasteiger partial charge in [0.15, 0.2) is 0 Å². The van der Waals surface area contributed by atoms with Gasteiger partial charge in [0.1, 0.15) is 0 Å². The topological polar surface area (TPSA) is 50.2 Å². The van der Waals surface area contributed by atoms with Crippen molar-refractivity contribution in [2.45, 2.75) is 6.42 Å². The Labute approximate surface area is 91.0 Å². The van der Waals surface area contributed by atoms with Gasteiger partial charge >= 0.3 is 5.97 Å². The molecule has 0 spiro atoms. The Kier molecular flexibility index (Phi) is 2.78. The predicted octanol–water partition coefficient (Wildman–Crippen LogP) is 2.43. The third-order valence-electron chi connectivity index (χ3n) is 2.07. The molecule has 1 N–H and O–H groups in total. The van der Waals surface area contributed by atoms with Crippen molar-refractivity contribution >= 4 is 17.3 Å². The lowest BCUT2D eigenvalue weighted by Gasteiger charge is -2.02. The van der Waals surface area contributed by atoms with E-state index in [1.165, 1.54) is 11.3 Å². The summed E-state index contributed by atoms with van der Waals surface area (Å²) in [5, 5.41) is 11.8. The van der Waals surface area contributed by atoms with Crippen molar-refractivity contribution in [3.63, 3.8) is 0 Å². The molecule has 2 rings (SSSR count). The molecule has 0 bridgehead atoms. The third kappa shape index (κ3) is 2.22. The SMILES string of the molecule is O=C(O)c1ccccc1Cc1nccs1. The lowest BCUT2D eigenvalue weighted by atomic mass is 10.1. The highest BCUT2D eigenvalue weighted by Gasteiger charge is 2.09. The maximum absolute atomic E-state index is 10.9. The molecule has 1 aromatic carbocycles. The molecule has 0 saturated carbocycles. The molecule has 0 amide bonds. The first kappa shape index (κ1) is 9.86. The Hall–Kier alpha value is -1.68. The van der Waals surface area contributed by atoms with Gasteiger partial charge in [0, 0.05) is 18.0 Å². The smallest absolute Gasteiger partial charge is 0.335 e. The van der Waals surface area contributed by atoms with Crippen LogP contribution in [0.2, 0.25) is 0 Å². The lowest BCUT2D eigenvalue weighted by molar-refractivity contribution is 0.0696. The van der Waals surface area contributed by atoms with E-state index in [0.717, 1.165) is 10.6 Å². The second kappa shape index (κ2) is 4.23. The number of hydrogen-bond donors (Lipinski definition) is 1. The Morgan fingerprint density at radius 3 is 2.87 bits per heavy atom. The van der Waals surface area contributed by atoms with Crippen LogP contribution in [0.4, 0.5) is 0 Å². The maximum Gasteiger partial charge on any atom is 0.335 e. The van der Waals surface area contributed by atoms with Gasteiger partial charge in [-0.05, 0) is 11.6 Å². The quantitative estimate of drug-likeness (QED) is 0.862. The summed E-state index contributed by atoms with van der Waals surface area (Å²) < 4.78 is 0. The Morgan fingerprint density at radius 1 is 1.40 bits per heavy atom. The first-order chi connectivity index (χ1) is 7.27. The zero-order valence-corrected chi connectivity index (χ0v) is 8.70. The number of carbonyl (C=O) groups is 1. The molecule has 0 aliphatic heterocycles. The van der Waals surface area contributed by atoms with E-state index in [2.05, 4.69) is 4.98 Å². The molecule has 1 heterocycles. The van der Waals surface area contributed by atoms with E-state index in [1.807, 2.05) is 17.5 Å². The van der Waals surface area contributed by atoms with Gasteiger partial charge in [-0.1, -0.05) is 18.2 Å². The summed E-state index contributed by atoms with van der Waals surface area (Å²) in [5.41, 5.74) is 1.16. The standard InChI is InChI=1S/C11H9NO2S/c13-11(14)9-4-2-1-3-8(9)7-10-12-5-6-15-10/h1-6H,7H2,(H,13,14). The number of thiazole rings is 1. The number of carboxylic acid groups (broad SMARTS) is 1. The van der Waals surface area contributed by atoms with Crippen LogP contribution in [0.25, 0.3) is 0 Å². The highest BCUT2D eigenvalue weighted by atomic mass is 32.1. The highest BCUT2D eigenvalue weighted by Crippen LogP contribution is 2.15. The molecule has 1 aromatic heterocycles. The van der Waals surface area contributed by atoms with E-state index >= 15 is 0 Å². The maximum atomic E-state index is 10.9. The van der Waals surface area contributed by atoms with Gasteiger partial charge in [-0.25, -0.2) is 9.78 Å². The molecule has 0 fully saturated rings. The molecular weight excluding hydrogens is 210 g/mol. The van der Waals surface area contributed by atoms with E-state index in [9.17, 15) is 4.79 Å². The van der Waals surface area contributed by atoms with Crippen LogP contribution in [0.3, 0.4) is 0 Å². The summed E-state index contributed by atoms with van der Waals surface area (Å²) >= 11 is 1.53. The van der Waals surface area contributed by atoms with Crippen LogP contribution < -0.4 is 0 Å². The lowest BCUT2D eigenvalue weighted by Crippen LogP contribution is -2.02. The monoisotopic (exact) mass is 219 g/mol. The van der Waals surface area contributed by atoms with E-state index in [4.69, 9.17) is 5.11 Å². The first-order valence-corrected chi connectivity index (χ1v) is 5.35. The molecule has 4 heteroatoms. The molecular formula is C11H9NO2S. The van der Waals surface area contributed by atoms with Crippen LogP contribution in [-0.2, 0) is 6.42 Å². The average molecular weight is 219 g/mol. The normalized spacial score (nSPS) is 10.1. The van der Waals surface area contributed by atoms with Gasteiger partial charge in [-0.2, -0.15) is 0 Å². The summed E-state index contributed by atoms with van der Waals surface area (Å²) in [7, 11) is 0. The van der Waals surface area contributed by atoms with Gasteiger partial charge in [-0.15, -0.1) is 11.3 Å². The molecule has 3 nitrogen and oxygen atoms in total. The molecule has 0 radical (unpaired) electrons. The Bertz CT molecular complexity index is 465. The number of benzene rings is 1. The molecule has 15 heavy (non-hydrogen) atoms. The fourth-order valence-electron chi connectivity index (χ4n) is 1.39. The molecule has 0 aliphatic rings. The van der Waals surface area contributed by atoms with Gasteiger partial charge < -0.3 is 5.11 Å². The van der Waals surface area contributed by atoms with E-state index in [-0.39, 0.29) is 0 Å². The third-order valence-corrected chi connectivity index (χ3v) is 2.85. The average Bonchev–Trinajstić information content (AvgIpc) is 2.71. The fraction of sp³-hybridized carbons (Fsp3) is 0.0909. The van der Waals surface area contributed by atoms with Crippen LogP contribution in [0.1, 0.15) is 20.9 Å². The summed E-state index contributed by atoms with van der Waals surface area (Å²) in [6, 6.07) is 7.01. The minimum Gasteiger partial charge on any atom is -0.478 e. The summed E-state index contributed by atoms with van der Waals surface area (Å²) in [6.07, 6.45) is 2.31. The van der Waals surface area contributed by atoms with Crippen LogP contribution in [0.15, 0.2) is 35.8 Å². The van der Waals surface area contributed by atoms with Crippen molar-refractivity contribution in [1.29, 1.82) is 0 Å². The van der Waals surface area contributed by atoms with Crippen molar-refractivity contribution in [2.24, 2.45) is 0 Å². The number of nitrogens with zero attached hydrogens (tertiary/aromatic N) is 1. The number of aromatic carboxylic acids is 1. The van der Waals surface area contributed by atoms with Crippen molar-refractivity contribution in [3.8, 4) is 0 Å². The molecule has 0 saturated heterocycles. The second-order valence-electron chi connectivity index (χ2n) is 3.06. The fourth-order valence-corrected chi connectivity index (χ4v) is 2.03. The molecule has 0 atom stereocenters. The second-order valence-corrected chi connectivity index (χ2v) is 4.04. The van der Waals surface area contributed by atoms with Crippen molar-refractivity contribution in [1.82, 2.24) is 4.98 Å². The van der Waals surface area contributed by atoms with Crippen molar-refractivity contribution in [3.05, 3.63) is 52.0 Å². The Balaban J connectivity index is 2.32. The van der Waals surface area contributed by atoms with Crippen LogP contribution in [-0.4, -0.2) is 16.1 Å². The van der Waals surface area contributed by atoms with E-state index in [1.54, 1.807) is 18.3 Å². The predicted molar refractivity (Wildman–Crippen MR) is 58.3 cm³/mol. The van der Waals surface area contributed by atoms with Crippen molar-refractivity contribution in [2.75, 3.05) is 0 Å². The van der Waals surface area contributed by atoms with Gasteiger partial charge in [0.25, 0.3) is 0 Å².